The van der Waals surface area contributed by atoms with E-state index in [1.165, 1.54) is 0 Å². The summed E-state index contributed by atoms with van der Waals surface area (Å²) >= 11 is 1.95. The molecule has 0 aromatic heterocycles. The van der Waals surface area contributed by atoms with Crippen LogP contribution in [0.2, 0.25) is 0 Å². The minimum absolute atomic E-state index is 0.0567. The van der Waals surface area contributed by atoms with E-state index in [1.807, 2.05) is 23.3 Å². The van der Waals surface area contributed by atoms with E-state index in [2.05, 4.69) is 52.4 Å². The van der Waals surface area contributed by atoms with Gasteiger partial charge in [0.1, 0.15) is 0 Å². The zero-order valence-corrected chi connectivity index (χ0v) is 23.5. The fourth-order valence-corrected chi connectivity index (χ4v) is 5.86. The second-order valence-electron chi connectivity index (χ2n) is 9.21. The molecule has 0 amide bonds. The van der Waals surface area contributed by atoms with Gasteiger partial charge < -0.3 is 0 Å². The molecule has 0 aromatic rings. The van der Waals surface area contributed by atoms with Crippen LogP contribution in [0, 0.1) is 40.9 Å². The van der Waals surface area contributed by atoms with Gasteiger partial charge >= 0.3 is 184 Å². The Morgan fingerprint density at radius 1 is 1.18 bits per heavy atom. The summed E-state index contributed by atoms with van der Waals surface area (Å²) in [6.45, 7) is 14.3. The second kappa shape index (κ2) is 15.8. The van der Waals surface area contributed by atoms with Gasteiger partial charge in [-0.15, -0.1) is 0 Å². The summed E-state index contributed by atoms with van der Waals surface area (Å²) in [5, 5.41) is 8.97. The van der Waals surface area contributed by atoms with Crippen molar-refractivity contribution in [2.24, 2.45) is 33.5 Å². The maximum atomic E-state index is 14.0. The first-order chi connectivity index (χ1) is 16.0. The van der Waals surface area contributed by atoms with Crippen molar-refractivity contribution in [1.29, 1.82) is 5.26 Å². The zero-order chi connectivity index (χ0) is 25.9. The molecule has 0 bridgehead atoms. The molecule has 0 aromatic carbocycles. The number of ether oxygens (including phenoxy) is 1. The van der Waals surface area contributed by atoms with Crippen LogP contribution in [0.5, 0.6) is 0 Å². The number of nitriles is 1. The van der Waals surface area contributed by atoms with Crippen molar-refractivity contribution in [3.8, 4) is 6.07 Å². The molecular formula is C23H43N2O6PV. The molecule has 0 spiro atoms. The van der Waals surface area contributed by atoms with Crippen LogP contribution in [0.25, 0.3) is 0 Å². The van der Waals surface area contributed by atoms with Gasteiger partial charge in [0, 0.05) is 0 Å². The van der Waals surface area contributed by atoms with Crippen LogP contribution in [0.1, 0.15) is 75.5 Å². The molecule has 10 atom stereocenters. The molecule has 33 heavy (non-hydrogen) atoms. The standard InChI is InChI=1S/C23H43N2O6P.V/c1-8-16(3)18(5)20(7)23(19(6)17(4)9-2)31-32(26,29-13-10-12-24)30-21-11-14-27-22(21)15-28-25;/h16-23H,8-11,13-15H2,1-7H3;/i14T;. The zero-order valence-electron chi connectivity index (χ0n) is 22.2. The molecule has 1 saturated heterocycles. The first-order valence-corrected chi connectivity index (χ1v) is 14.1. The molecule has 1 rings (SSSR count). The summed E-state index contributed by atoms with van der Waals surface area (Å²) in [5.74, 6) is 1.32. The Kier molecular flexibility index (Phi) is 14.0. The first-order valence-electron chi connectivity index (χ1n) is 12.6. The van der Waals surface area contributed by atoms with Crippen LogP contribution in [0.15, 0.2) is 3.95 Å². The monoisotopic (exact) mass is 527 g/mol. The average molecular weight is 528 g/mol. The molecule has 8 nitrogen and oxygen atoms in total. The molecule has 191 valence electrons. The van der Waals surface area contributed by atoms with E-state index in [4.69, 9.17) is 29.8 Å². The van der Waals surface area contributed by atoms with Crippen molar-refractivity contribution in [2.45, 2.75) is 92.5 Å². The van der Waals surface area contributed by atoms with Crippen LogP contribution in [-0.4, -0.2) is 38.1 Å². The van der Waals surface area contributed by atoms with E-state index < -0.39 is 26.6 Å². The summed E-state index contributed by atoms with van der Waals surface area (Å²) in [6.07, 6.45) is 0.533. The molecule has 1 aliphatic rings. The summed E-state index contributed by atoms with van der Waals surface area (Å²) in [7, 11) is -4.09. The fraction of sp³-hybridized carbons (Fsp3) is 0.957. The third-order valence-electron chi connectivity index (χ3n) is 7.24. The number of rotatable bonds is 17. The second-order valence-corrected chi connectivity index (χ2v) is 11.0. The molecule has 0 aliphatic carbocycles. The molecule has 0 N–H and O–H groups in total. The van der Waals surface area contributed by atoms with Gasteiger partial charge in [-0.3, -0.25) is 0 Å². The molecule has 0 radical (unpaired) electrons. The molecule has 1 fully saturated rings. The predicted molar refractivity (Wildman–Crippen MR) is 123 cm³/mol. The Balaban J connectivity index is 3.23. The van der Waals surface area contributed by atoms with Crippen molar-refractivity contribution in [2.75, 3.05) is 19.8 Å². The third-order valence-corrected chi connectivity index (χ3v) is 8.95. The number of hydrogen-bond acceptors (Lipinski definition) is 8. The van der Waals surface area contributed by atoms with Crippen molar-refractivity contribution in [3.63, 3.8) is 0 Å². The Morgan fingerprint density at radius 3 is 2.39 bits per heavy atom. The van der Waals surface area contributed by atoms with E-state index in [1.54, 1.807) is 0 Å². The Hall–Kier alpha value is -0.0956. The van der Waals surface area contributed by atoms with Crippen LogP contribution in [0.3, 0.4) is 0 Å². The summed E-state index contributed by atoms with van der Waals surface area (Å²) in [6, 6.07) is 2.00. The van der Waals surface area contributed by atoms with Gasteiger partial charge in [0.25, 0.3) is 0 Å². The van der Waals surface area contributed by atoms with Gasteiger partial charge in [-0.05, 0) is 0 Å². The predicted octanol–water partition coefficient (Wildman–Crippen LogP) is 6.25. The van der Waals surface area contributed by atoms with Gasteiger partial charge in [0.2, 0.25) is 0 Å². The van der Waals surface area contributed by atoms with Gasteiger partial charge in [-0.2, -0.15) is 0 Å². The van der Waals surface area contributed by atoms with E-state index in [0.29, 0.717) is 17.8 Å². The van der Waals surface area contributed by atoms with Crippen molar-refractivity contribution in [3.05, 3.63) is 0 Å². The Morgan fingerprint density at radius 2 is 1.82 bits per heavy atom. The summed E-state index contributed by atoms with van der Waals surface area (Å²) < 4.78 is 49.0. The van der Waals surface area contributed by atoms with Crippen molar-refractivity contribution in [1.82, 2.24) is 0 Å². The van der Waals surface area contributed by atoms with E-state index in [0.717, 1.165) is 12.8 Å². The van der Waals surface area contributed by atoms with E-state index in [9.17, 15) is 4.57 Å². The summed E-state index contributed by atoms with van der Waals surface area (Å²) in [5.41, 5.74) is 0. The van der Waals surface area contributed by atoms with Crippen LogP contribution in [0.4, 0.5) is 0 Å². The number of hydrogen-bond donors (Lipinski definition) is 0. The molecular weight excluding hydrogens is 482 g/mol. The SMILES string of the molecule is [3H]C1CC(OP(=O)(OCCC#N)OC(C(C)C(C)CC)C(C)C(C)C(C)CC)C(CO[N]=[V])O1. The number of phosphoric acid groups is 1. The van der Waals surface area contributed by atoms with Gasteiger partial charge in [-0.25, -0.2) is 0 Å². The Bertz CT molecular complexity index is 699. The van der Waals surface area contributed by atoms with Crippen LogP contribution < -0.4 is 0 Å². The normalized spacial score (nSPS) is 28.5. The quantitative estimate of drug-likeness (QED) is 0.125. The van der Waals surface area contributed by atoms with E-state index >= 15 is 0 Å². The van der Waals surface area contributed by atoms with E-state index in [-0.39, 0.29) is 44.0 Å². The summed E-state index contributed by atoms with van der Waals surface area (Å²) in [4.78, 5) is 5.08. The molecule has 10 heteroatoms. The maximum absolute atomic E-state index is 14.0. The molecule has 10 unspecified atom stereocenters. The number of nitrogens with zero attached hydrogens (tertiary/aromatic N) is 2. The topological polar surface area (TPSA) is 99.4 Å². The minimum atomic E-state index is -4.09. The fourth-order valence-electron chi connectivity index (χ4n) is 4.04. The third kappa shape index (κ3) is 9.82. The number of phosphoric ester groups is 1. The van der Waals surface area contributed by atoms with Crippen LogP contribution in [-0.2, 0) is 44.9 Å². The van der Waals surface area contributed by atoms with Gasteiger partial charge in [0.05, 0.1) is 0 Å². The van der Waals surface area contributed by atoms with Crippen molar-refractivity contribution < 1.29 is 46.3 Å². The molecule has 0 saturated carbocycles. The first kappa shape index (κ1) is 29.1. The van der Waals surface area contributed by atoms with Crippen molar-refractivity contribution >= 4 is 7.82 Å². The average Bonchev–Trinajstić information content (AvgIpc) is 3.16. The Labute approximate surface area is 211 Å². The molecule has 1 heterocycles. The molecule has 1 aliphatic heterocycles. The van der Waals surface area contributed by atoms with Gasteiger partial charge in [0.15, 0.2) is 0 Å². The van der Waals surface area contributed by atoms with Gasteiger partial charge in [-0.1, -0.05) is 27.2 Å². The van der Waals surface area contributed by atoms with Crippen LogP contribution >= 0.6 is 7.82 Å².